The van der Waals surface area contributed by atoms with Crippen molar-refractivity contribution in [1.29, 1.82) is 0 Å². The van der Waals surface area contributed by atoms with E-state index in [2.05, 4.69) is 10.3 Å². The van der Waals surface area contributed by atoms with Crippen LogP contribution in [0.5, 0.6) is 5.75 Å². The number of rotatable bonds is 5. The van der Waals surface area contributed by atoms with E-state index in [1.807, 2.05) is 30.3 Å². The highest BCUT2D eigenvalue weighted by molar-refractivity contribution is 5.89. The number of hydrogen-bond donors (Lipinski definition) is 2. The summed E-state index contributed by atoms with van der Waals surface area (Å²) in [7, 11) is 1.64. The van der Waals surface area contributed by atoms with Gasteiger partial charge >= 0.3 is 0 Å². The van der Waals surface area contributed by atoms with Gasteiger partial charge in [-0.2, -0.15) is 0 Å². The van der Waals surface area contributed by atoms with Crippen molar-refractivity contribution >= 4 is 5.91 Å². The second-order valence-corrected chi connectivity index (χ2v) is 5.82. The van der Waals surface area contributed by atoms with E-state index in [-0.39, 0.29) is 5.91 Å². The topological polar surface area (TPSA) is 77.2 Å². The first-order valence-corrected chi connectivity index (χ1v) is 7.77. The molecule has 0 saturated carbocycles. The lowest BCUT2D eigenvalue weighted by Crippen LogP contribution is -2.50. The minimum atomic E-state index is -0.970. The van der Waals surface area contributed by atoms with Crippen LogP contribution in [-0.2, 0) is 23.2 Å². The van der Waals surface area contributed by atoms with Crippen LogP contribution in [-0.4, -0.2) is 24.5 Å². The van der Waals surface area contributed by atoms with Crippen LogP contribution in [0.2, 0.25) is 0 Å². The van der Waals surface area contributed by atoms with E-state index in [9.17, 15) is 4.79 Å². The Labute approximate surface area is 135 Å². The van der Waals surface area contributed by atoms with Crippen molar-refractivity contribution < 1.29 is 9.53 Å². The highest BCUT2D eigenvalue weighted by Crippen LogP contribution is 2.39. The van der Waals surface area contributed by atoms with Gasteiger partial charge in [0.15, 0.2) is 0 Å². The third kappa shape index (κ3) is 2.92. The number of benzene rings is 1. The number of amides is 1. The van der Waals surface area contributed by atoms with Crippen molar-refractivity contribution in [3.8, 4) is 5.75 Å². The Bertz CT molecular complexity index is 703. The van der Waals surface area contributed by atoms with Crippen LogP contribution in [0.4, 0.5) is 0 Å². The number of fused-ring (bicyclic) bond motifs is 1. The van der Waals surface area contributed by atoms with Crippen LogP contribution in [0.1, 0.15) is 23.1 Å². The van der Waals surface area contributed by atoms with E-state index in [4.69, 9.17) is 10.5 Å². The van der Waals surface area contributed by atoms with Crippen LogP contribution in [0.3, 0.4) is 0 Å². The molecule has 1 aliphatic carbocycles. The fourth-order valence-corrected chi connectivity index (χ4v) is 3.15. The molecule has 1 aliphatic rings. The maximum Gasteiger partial charge on any atom is 0.244 e. The summed E-state index contributed by atoms with van der Waals surface area (Å²) in [4.78, 5) is 16.6. The number of carbonyl (C=O) groups is 1. The minimum absolute atomic E-state index is 0.126. The number of carbonyl (C=O) groups excluding carboxylic acids is 1. The van der Waals surface area contributed by atoms with Crippen LogP contribution < -0.4 is 15.8 Å². The van der Waals surface area contributed by atoms with Gasteiger partial charge in [0.05, 0.1) is 7.11 Å². The molecule has 1 unspecified atom stereocenters. The summed E-state index contributed by atoms with van der Waals surface area (Å²) in [6, 6.07) is 9.61. The number of hydrogen-bond acceptors (Lipinski definition) is 4. The van der Waals surface area contributed by atoms with Crippen molar-refractivity contribution in [1.82, 2.24) is 10.3 Å². The summed E-state index contributed by atoms with van der Waals surface area (Å²) in [5, 5.41) is 2.97. The molecule has 3 N–H and O–H groups in total. The first-order valence-electron chi connectivity index (χ1n) is 7.77. The predicted molar refractivity (Wildman–Crippen MR) is 88.1 cm³/mol. The fraction of sp³-hybridized carbons (Fsp3) is 0.333. The molecular formula is C18H21N3O2. The third-order valence-electron chi connectivity index (χ3n) is 4.46. The molecule has 1 aromatic carbocycles. The Balaban J connectivity index is 1.69. The third-order valence-corrected chi connectivity index (χ3v) is 4.46. The number of pyridine rings is 1. The van der Waals surface area contributed by atoms with Crippen LogP contribution in [0.15, 0.2) is 42.7 Å². The molecule has 0 fully saturated rings. The van der Waals surface area contributed by atoms with Gasteiger partial charge in [0.1, 0.15) is 11.3 Å². The molecule has 0 bridgehead atoms. The van der Waals surface area contributed by atoms with Gasteiger partial charge in [0, 0.05) is 18.9 Å². The molecule has 0 aliphatic heterocycles. The first-order chi connectivity index (χ1) is 11.1. The predicted octanol–water partition coefficient (Wildman–Crippen LogP) is 1.55. The smallest absolute Gasteiger partial charge is 0.244 e. The van der Waals surface area contributed by atoms with Crippen molar-refractivity contribution in [2.24, 2.45) is 5.73 Å². The summed E-state index contributed by atoms with van der Waals surface area (Å²) in [5.74, 6) is 0.679. The molecule has 0 radical (unpaired) electrons. The number of ether oxygens (including phenoxy) is 1. The molecule has 1 atom stereocenters. The van der Waals surface area contributed by atoms with E-state index < -0.39 is 5.54 Å². The first kappa shape index (κ1) is 15.5. The standard InChI is InChI=1S/C18H21N3O2/c1-23-16-4-2-3-15-14(16)5-9-18(15,19)17(22)21-12-8-13-6-10-20-11-7-13/h2-4,6-7,10-11H,5,8-9,12,19H2,1H3,(H,21,22). The highest BCUT2D eigenvalue weighted by atomic mass is 16.5. The SMILES string of the molecule is COc1cccc2c1CCC2(N)C(=O)NCCc1ccncc1. The second kappa shape index (κ2) is 6.38. The lowest BCUT2D eigenvalue weighted by molar-refractivity contribution is -0.126. The average molecular weight is 311 g/mol. The molecule has 3 rings (SSSR count). The monoisotopic (exact) mass is 311 g/mol. The van der Waals surface area contributed by atoms with Crippen LogP contribution >= 0.6 is 0 Å². The molecule has 1 amide bonds. The van der Waals surface area contributed by atoms with Gasteiger partial charge < -0.3 is 15.8 Å². The molecule has 2 aromatic rings. The van der Waals surface area contributed by atoms with Crippen molar-refractivity contribution in [2.75, 3.05) is 13.7 Å². The highest BCUT2D eigenvalue weighted by Gasteiger charge is 2.42. The van der Waals surface area contributed by atoms with Gasteiger partial charge in [-0.1, -0.05) is 12.1 Å². The number of nitrogens with zero attached hydrogens (tertiary/aromatic N) is 1. The van der Waals surface area contributed by atoms with Crippen molar-refractivity contribution in [3.05, 3.63) is 59.4 Å². The molecule has 0 saturated heterocycles. The Morgan fingerprint density at radius 3 is 2.87 bits per heavy atom. The summed E-state index contributed by atoms with van der Waals surface area (Å²) >= 11 is 0. The number of methoxy groups -OCH3 is 1. The van der Waals surface area contributed by atoms with Crippen molar-refractivity contribution in [2.45, 2.75) is 24.8 Å². The lowest BCUT2D eigenvalue weighted by Gasteiger charge is -2.24. The summed E-state index contributed by atoms with van der Waals surface area (Å²) < 4.78 is 5.38. The largest absolute Gasteiger partial charge is 0.496 e. The molecule has 120 valence electrons. The van der Waals surface area contributed by atoms with Gasteiger partial charge in [-0.15, -0.1) is 0 Å². The second-order valence-electron chi connectivity index (χ2n) is 5.82. The summed E-state index contributed by atoms with van der Waals surface area (Å²) in [6.45, 7) is 0.557. The molecule has 5 nitrogen and oxygen atoms in total. The fourth-order valence-electron chi connectivity index (χ4n) is 3.15. The quantitative estimate of drug-likeness (QED) is 0.878. The van der Waals surface area contributed by atoms with E-state index in [0.29, 0.717) is 13.0 Å². The molecule has 1 heterocycles. The van der Waals surface area contributed by atoms with Crippen molar-refractivity contribution in [3.63, 3.8) is 0 Å². The minimum Gasteiger partial charge on any atom is -0.496 e. The van der Waals surface area contributed by atoms with Gasteiger partial charge in [-0.3, -0.25) is 9.78 Å². The zero-order valence-electron chi connectivity index (χ0n) is 13.2. The maximum atomic E-state index is 12.6. The maximum absolute atomic E-state index is 12.6. The molecule has 0 spiro atoms. The van der Waals surface area contributed by atoms with Crippen LogP contribution in [0, 0.1) is 0 Å². The molecular weight excluding hydrogens is 290 g/mol. The van der Waals surface area contributed by atoms with E-state index >= 15 is 0 Å². The number of nitrogens with two attached hydrogens (primary N) is 1. The zero-order chi connectivity index (χ0) is 16.3. The van der Waals surface area contributed by atoms with Gasteiger partial charge in [0.2, 0.25) is 5.91 Å². The Morgan fingerprint density at radius 1 is 1.35 bits per heavy atom. The molecule has 5 heteroatoms. The molecule has 23 heavy (non-hydrogen) atoms. The average Bonchev–Trinajstić information content (AvgIpc) is 2.94. The summed E-state index contributed by atoms with van der Waals surface area (Å²) in [6.07, 6.45) is 5.62. The Hall–Kier alpha value is -2.40. The van der Waals surface area contributed by atoms with Gasteiger partial charge in [-0.25, -0.2) is 0 Å². The zero-order valence-corrected chi connectivity index (χ0v) is 13.2. The van der Waals surface area contributed by atoms with E-state index in [0.717, 1.165) is 35.3 Å². The summed E-state index contributed by atoms with van der Waals surface area (Å²) in [5.41, 5.74) is 8.53. The van der Waals surface area contributed by atoms with Gasteiger partial charge in [-0.05, 0) is 54.2 Å². The number of nitrogens with one attached hydrogen (secondary N) is 1. The van der Waals surface area contributed by atoms with E-state index in [1.54, 1.807) is 19.5 Å². The van der Waals surface area contributed by atoms with Crippen LogP contribution in [0.25, 0.3) is 0 Å². The van der Waals surface area contributed by atoms with Gasteiger partial charge in [0.25, 0.3) is 0 Å². The normalized spacial score (nSPS) is 19.2. The van der Waals surface area contributed by atoms with E-state index in [1.165, 1.54) is 0 Å². The lowest BCUT2D eigenvalue weighted by atomic mass is 9.91. The Kier molecular flexibility index (Phi) is 4.30. The molecule has 1 aromatic heterocycles. The number of aromatic nitrogens is 1. The Morgan fingerprint density at radius 2 is 2.13 bits per heavy atom.